The summed E-state index contributed by atoms with van der Waals surface area (Å²) in [5.74, 6) is 0.882. The van der Waals surface area contributed by atoms with E-state index in [9.17, 15) is 0 Å². The zero-order valence-electron chi connectivity index (χ0n) is 30.1. The highest BCUT2D eigenvalue weighted by atomic mass is 15.2. The van der Waals surface area contributed by atoms with Crippen molar-refractivity contribution in [2.75, 3.05) is 4.90 Å². The van der Waals surface area contributed by atoms with Crippen molar-refractivity contribution < 1.29 is 0 Å². The van der Waals surface area contributed by atoms with Crippen LogP contribution in [0, 0.1) is 0 Å². The molecule has 9 aromatic rings. The minimum Gasteiger partial charge on any atom is -0.310 e. The maximum Gasteiger partial charge on any atom is 0.220 e. The molecule has 0 bridgehead atoms. The maximum atomic E-state index is 5.20. The number of hydrogen-bond donors (Lipinski definition) is 0. The van der Waals surface area contributed by atoms with Crippen molar-refractivity contribution in [2.45, 2.75) is 26.2 Å². The first-order valence-corrected chi connectivity index (χ1v) is 18.2. The number of rotatable bonds is 6. The lowest BCUT2D eigenvalue weighted by Crippen LogP contribution is -2.16. The number of benzene rings is 7. The highest BCUT2D eigenvalue weighted by Crippen LogP contribution is 2.51. The molecule has 0 amide bonds. The average molecular weight is 683 g/mol. The van der Waals surface area contributed by atoms with E-state index in [0.29, 0.717) is 0 Å². The predicted molar refractivity (Wildman–Crippen MR) is 222 cm³/mol. The summed E-state index contributed by atoms with van der Waals surface area (Å²) in [4.78, 5) is 7.60. The molecule has 1 aliphatic rings. The third kappa shape index (κ3) is 4.79. The van der Waals surface area contributed by atoms with Gasteiger partial charge in [0, 0.05) is 22.5 Å². The van der Waals surface area contributed by atoms with Gasteiger partial charge in [0.2, 0.25) is 5.78 Å². The van der Waals surface area contributed by atoms with Crippen molar-refractivity contribution in [3.05, 3.63) is 187 Å². The Morgan fingerprint density at radius 1 is 0.566 bits per heavy atom. The fourth-order valence-electron chi connectivity index (χ4n) is 8.42. The molecule has 4 heteroatoms. The third-order valence-electron chi connectivity index (χ3n) is 11.1. The topological polar surface area (TPSA) is 25.5 Å². The number of para-hydroxylation sites is 4. The molecule has 0 spiro atoms. The Morgan fingerprint density at radius 2 is 1.21 bits per heavy atom. The summed E-state index contributed by atoms with van der Waals surface area (Å²) in [6.45, 7) is 11.2. The first-order chi connectivity index (χ1) is 25.9. The molecule has 2 heterocycles. The van der Waals surface area contributed by atoms with Crippen LogP contribution < -0.4 is 4.90 Å². The molecule has 10 rings (SSSR count). The van der Waals surface area contributed by atoms with E-state index in [-0.39, 0.29) is 5.41 Å². The molecule has 0 fully saturated rings. The lowest BCUT2D eigenvalue weighted by atomic mass is 9.82. The number of fused-ring (bicyclic) bond motifs is 8. The summed E-state index contributed by atoms with van der Waals surface area (Å²) < 4.78 is 4.57. The minimum atomic E-state index is -0.131. The summed E-state index contributed by atoms with van der Waals surface area (Å²) >= 11 is 0. The van der Waals surface area contributed by atoms with Crippen LogP contribution in [0.15, 0.2) is 170 Å². The molecule has 0 radical (unpaired) electrons. The van der Waals surface area contributed by atoms with Crippen LogP contribution in [0.1, 0.15) is 37.5 Å². The zero-order valence-corrected chi connectivity index (χ0v) is 30.1. The van der Waals surface area contributed by atoms with E-state index in [4.69, 9.17) is 4.98 Å². The van der Waals surface area contributed by atoms with Gasteiger partial charge in [0.15, 0.2) is 0 Å². The first kappa shape index (κ1) is 31.1. The quantitative estimate of drug-likeness (QED) is 0.174. The van der Waals surface area contributed by atoms with Crippen molar-refractivity contribution >= 4 is 50.5 Å². The molecular weight excluding hydrogens is 645 g/mol. The van der Waals surface area contributed by atoms with Gasteiger partial charge >= 0.3 is 0 Å². The number of anilines is 3. The van der Waals surface area contributed by atoms with E-state index < -0.39 is 0 Å². The summed E-state index contributed by atoms with van der Waals surface area (Å²) in [7, 11) is 0. The molecule has 0 unspecified atom stereocenters. The Morgan fingerprint density at radius 3 is 2.00 bits per heavy atom. The highest BCUT2D eigenvalue weighted by molar-refractivity contribution is 5.93. The third-order valence-corrected chi connectivity index (χ3v) is 11.1. The van der Waals surface area contributed by atoms with Crippen LogP contribution in [0.2, 0.25) is 0 Å². The highest BCUT2D eigenvalue weighted by Gasteiger charge is 2.35. The normalized spacial score (nSPS) is 13.0. The monoisotopic (exact) mass is 682 g/mol. The van der Waals surface area contributed by atoms with Gasteiger partial charge in [-0.2, -0.15) is 0 Å². The van der Waals surface area contributed by atoms with Crippen molar-refractivity contribution in [2.24, 2.45) is 0 Å². The van der Waals surface area contributed by atoms with Crippen molar-refractivity contribution in [1.82, 2.24) is 14.0 Å². The molecule has 0 N–H and O–H groups in total. The molecule has 53 heavy (non-hydrogen) atoms. The SMILES string of the molecule is C=C(C)c1cc(N(c2ccc(-c3ccccc3)cc2)c2ccc3c(c2)C(C)(C)c2ccccc2-3)cc(-n2c3ccccc3n3c4ccccc4nc23)c1. The number of aromatic nitrogens is 3. The number of imidazole rings is 2. The lowest BCUT2D eigenvalue weighted by Gasteiger charge is -2.29. The van der Waals surface area contributed by atoms with Gasteiger partial charge in [0.1, 0.15) is 0 Å². The molecule has 0 saturated carbocycles. The van der Waals surface area contributed by atoms with Gasteiger partial charge in [-0.1, -0.05) is 123 Å². The number of nitrogens with zero attached hydrogens (tertiary/aromatic N) is 4. The summed E-state index contributed by atoms with van der Waals surface area (Å²) in [6.07, 6.45) is 0. The van der Waals surface area contributed by atoms with Crippen LogP contribution in [0.5, 0.6) is 0 Å². The van der Waals surface area contributed by atoms with Gasteiger partial charge in [0.05, 0.1) is 27.8 Å². The fraction of sp³-hybridized carbons (Fsp3) is 0.0816. The molecule has 1 aliphatic carbocycles. The average Bonchev–Trinajstić information content (AvgIpc) is 3.80. The van der Waals surface area contributed by atoms with Crippen LogP contribution in [0.3, 0.4) is 0 Å². The van der Waals surface area contributed by atoms with E-state index in [1.54, 1.807) is 0 Å². The Kier molecular flexibility index (Phi) is 6.86. The molecule has 2 aromatic heterocycles. The molecule has 7 aromatic carbocycles. The van der Waals surface area contributed by atoms with Crippen LogP contribution in [0.25, 0.3) is 61.4 Å². The second kappa shape index (κ2) is 11.7. The molecule has 4 nitrogen and oxygen atoms in total. The lowest BCUT2D eigenvalue weighted by molar-refractivity contribution is 0.660. The van der Waals surface area contributed by atoms with Gasteiger partial charge in [-0.3, -0.25) is 8.97 Å². The molecule has 254 valence electrons. The standard InChI is InChI=1S/C49H38N4/c1-32(2)35-28-38(30-39(29-35)52-46-20-12-13-21-47(46)53-45-19-11-10-18-44(45)50-48(52)53)51(36-24-22-34(23-25-36)33-14-6-5-7-15-33)37-26-27-41-40-16-8-9-17-42(40)49(3,4)43(41)31-37/h5-31H,1H2,2-4H3. The summed E-state index contributed by atoms with van der Waals surface area (Å²) in [6, 6.07) is 59.1. The van der Waals surface area contributed by atoms with Crippen LogP contribution >= 0.6 is 0 Å². The van der Waals surface area contributed by atoms with E-state index in [1.807, 2.05) is 0 Å². The molecular formula is C49H38N4. The summed E-state index contributed by atoms with van der Waals surface area (Å²) in [5, 5.41) is 0. The Hall–Kier alpha value is -6.65. The van der Waals surface area contributed by atoms with Crippen molar-refractivity contribution in [3.8, 4) is 27.9 Å². The Labute approximate surface area is 309 Å². The molecule has 0 saturated heterocycles. The number of allylic oxidation sites excluding steroid dienone is 1. The van der Waals surface area contributed by atoms with Crippen LogP contribution in [-0.2, 0) is 5.41 Å². The van der Waals surface area contributed by atoms with Gasteiger partial charge in [-0.25, -0.2) is 4.98 Å². The van der Waals surface area contributed by atoms with Crippen LogP contribution in [-0.4, -0.2) is 14.0 Å². The number of hydrogen-bond acceptors (Lipinski definition) is 2. The summed E-state index contributed by atoms with van der Waals surface area (Å²) in [5.41, 5.74) is 18.2. The zero-order chi connectivity index (χ0) is 35.8. The van der Waals surface area contributed by atoms with Gasteiger partial charge < -0.3 is 4.90 Å². The van der Waals surface area contributed by atoms with E-state index >= 15 is 0 Å². The second-order valence-electron chi connectivity index (χ2n) is 14.7. The van der Waals surface area contributed by atoms with Crippen molar-refractivity contribution in [3.63, 3.8) is 0 Å². The van der Waals surface area contributed by atoms with Crippen molar-refractivity contribution in [1.29, 1.82) is 0 Å². The largest absolute Gasteiger partial charge is 0.310 e. The Balaban J connectivity index is 1.22. The van der Waals surface area contributed by atoms with Crippen LogP contribution in [0.4, 0.5) is 17.1 Å². The van der Waals surface area contributed by atoms with Gasteiger partial charge in [0.25, 0.3) is 0 Å². The minimum absolute atomic E-state index is 0.131. The second-order valence-corrected chi connectivity index (χ2v) is 14.7. The van der Waals surface area contributed by atoms with E-state index in [1.165, 1.54) is 33.4 Å². The van der Waals surface area contributed by atoms with E-state index in [2.05, 4.69) is 205 Å². The predicted octanol–water partition coefficient (Wildman–Crippen LogP) is 12.9. The maximum absolute atomic E-state index is 5.20. The molecule has 0 aliphatic heterocycles. The Bertz CT molecular complexity index is 2890. The smallest absolute Gasteiger partial charge is 0.220 e. The fourth-order valence-corrected chi connectivity index (χ4v) is 8.42. The van der Waals surface area contributed by atoms with Gasteiger partial charge in [-0.15, -0.1) is 0 Å². The first-order valence-electron chi connectivity index (χ1n) is 18.2. The van der Waals surface area contributed by atoms with Gasteiger partial charge in [-0.05, 0) is 113 Å². The van der Waals surface area contributed by atoms with E-state index in [0.717, 1.165) is 61.7 Å². The molecule has 0 atom stereocenters.